The molecule has 1 aliphatic rings. The van der Waals surface area contributed by atoms with Gasteiger partial charge in [-0.1, -0.05) is 37.3 Å². The molecule has 5 nitrogen and oxygen atoms in total. The molecule has 4 aromatic rings. The molecule has 0 amide bonds. The molecule has 0 aliphatic carbocycles. The van der Waals surface area contributed by atoms with Crippen molar-refractivity contribution in [1.82, 2.24) is 9.97 Å². The van der Waals surface area contributed by atoms with E-state index in [4.69, 9.17) is 10.7 Å². The van der Waals surface area contributed by atoms with Gasteiger partial charge >= 0.3 is 0 Å². The van der Waals surface area contributed by atoms with E-state index in [0.29, 0.717) is 11.6 Å². The SMILES string of the molecule is C[C@@H]1C[C@H](N)CN(c2ccncc2CC(=O)c2ccc3sc(-c4ccccc4)cc3n2)C1. The van der Waals surface area contributed by atoms with Crippen molar-refractivity contribution in [1.29, 1.82) is 0 Å². The summed E-state index contributed by atoms with van der Waals surface area (Å²) in [5, 5.41) is 0. The number of hydrogen-bond donors (Lipinski definition) is 1. The summed E-state index contributed by atoms with van der Waals surface area (Å²) < 4.78 is 1.08. The van der Waals surface area contributed by atoms with Gasteiger partial charge in [-0.05, 0) is 42.2 Å². The van der Waals surface area contributed by atoms with Gasteiger partial charge in [0.05, 0.1) is 10.2 Å². The maximum absolute atomic E-state index is 13.2. The van der Waals surface area contributed by atoms with Crippen molar-refractivity contribution in [3.63, 3.8) is 0 Å². The minimum absolute atomic E-state index is 0.00275. The molecule has 0 bridgehead atoms. The van der Waals surface area contributed by atoms with Gasteiger partial charge in [0.1, 0.15) is 5.69 Å². The van der Waals surface area contributed by atoms with E-state index in [-0.39, 0.29) is 18.2 Å². The molecule has 162 valence electrons. The van der Waals surface area contributed by atoms with Gasteiger partial charge in [-0.25, -0.2) is 4.98 Å². The first-order valence-corrected chi connectivity index (χ1v) is 11.8. The number of aromatic nitrogens is 2. The fraction of sp³-hybridized carbons (Fsp3) is 0.269. The average molecular weight is 443 g/mol. The molecule has 0 radical (unpaired) electrons. The van der Waals surface area contributed by atoms with Crippen LogP contribution in [0.5, 0.6) is 0 Å². The smallest absolute Gasteiger partial charge is 0.185 e. The minimum Gasteiger partial charge on any atom is -0.369 e. The number of hydrogen-bond acceptors (Lipinski definition) is 6. The van der Waals surface area contributed by atoms with Crippen molar-refractivity contribution in [3.8, 4) is 10.4 Å². The third-order valence-electron chi connectivity index (χ3n) is 5.98. The number of ketones is 1. The molecule has 5 rings (SSSR count). The van der Waals surface area contributed by atoms with Crippen LogP contribution < -0.4 is 10.6 Å². The van der Waals surface area contributed by atoms with Crippen LogP contribution in [0.4, 0.5) is 5.69 Å². The van der Waals surface area contributed by atoms with Crippen molar-refractivity contribution in [2.45, 2.75) is 25.8 Å². The van der Waals surface area contributed by atoms with E-state index in [0.717, 1.165) is 51.4 Å². The predicted octanol–water partition coefficient (Wildman–Crippen LogP) is 4.96. The summed E-state index contributed by atoms with van der Waals surface area (Å²) in [4.78, 5) is 25.6. The summed E-state index contributed by atoms with van der Waals surface area (Å²) in [5.41, 5.74) is 10.8. The van der Waals surface area contributed by atoms with E-state index in [2.05, 4.69) is 35.0 Å². The average Bonchev–Trinajstić information content (AvgIpc) is 3.23. The first-order chi connectivity index (χ1) is 15.6. The molecule has 1 fully saturated rings. The molecule has 1 aromatic carbocycles. The maximum atomic E-state index is 13.2. The van der Waals surface area contributed by atoms with Crippen molar-refractivity contribution in [3.05, 3.63) is 78.2 Å². The third-order valence-corrected chi connectivity index (χ3v) is 7.12. The molecule has 2 atom stereocenters. The monoisotopic (exact) mass is 442 g/mol. The van der Waals surface area contributed by atoms with Gasteiger partial charge in [-0.15, -0.1) is 11.3 Å². The fourth-order valence-electron chi connectivity index (χ4n) is 4.55. The Morgan fingerprint density at radius 1 is 1.16 bits per heavy atom. The van der Waals surface area contributed by atoms with Crippen molar-refractivity contribution < 1.29 is 4.79 Å². The number of pyridine rings is 2. The number of anilines is 1. The van der Waals surface area contributed by atoms with Gasteiger partial charge in [0.25, 0.3) is 0 Å². The van der Waals surface area contributed by atoms with Crippen molar-refractivity contribution >= 4 is 33.0 Å². The summed E-state index contributed by atoms with van der Waals surface area (Å²) in [6, 6.07) is 18.3. The lowest BCUT2D eigenvalue weighted by Crippen LogP contribution is -2.46. The molecule has 2 N–H and O–H groups in total. The van der Waals surface area contributed by atoms with Gasteiger partial charge in [-0.2, -0.15) is 0 Å². The second kappa shape index (κ2) is 8.81. The largest absolute Gasteiger partial charge is 0.369 e. The Morgan fingerprint density at radius 2 is 2.00 bits per heavy atom. The summed E-state index contributed by atoms with van der Waals surface area (Å²) >= 11 is 1.69. The van der Waals surface area contributed by atoms with Gasteiger partial charge in [-0.3, -0.25) is 9.78 Å². The lowest BCUT2D eigenvalue weighted by Gasteiger charge is -2.37. The zero-order valence-electron chi connectivity index (χ0n) is 18.1. The fourth-order valence-corrected chi connectivity index (χ4v) is 5.56. The first kappa shape index (κ1) is 20.8. The molecular formula is C26H26N4OS. The quantitative estimate of drug-likeness (QED) is 0.443. The Hall–Kier alpha value is -3.09. The van der Waals surface area contributed by atoms with Gasteiger partial charge in [0.2, 0.25) is 0 Å². The number of nitrogens with two attached hydrogens (primary N) is 1. The van der Waals surface area contributed by atoms with Crippen LogP contribution in [-0.2, 0) is 6.42 Å². The molecule has 6 heteroatoms. The molecule has 3 aromatic heterocycles. The standard InChI is InChI=1S/C26H26N4OS/c1-17-11-20(27)16-30(15-17)23-9-10-28-14-19(23)12-24(31)21-7-8-25-22(29-21)13-26(32-25)18-5-3-2-4-6-18/h2-10,13-14,17,20H,11-12,15-16,27H2,1H3/t17-,20+/m1/s1. The molecular weight excluding hydrogens is 416 g/mol. The van der Waals surface area contributed by atoms with Crippen LogP contribution in [0.25, 0.3) is 20.7 Å². The van der Waals surface area contributed by atoms with Crippen LogP contribution in [0.2, 0.25) is 0 Å². The Labute approximate surface area is 191 Å². The highest BCUT2D eigenvalue weighted by Gasteiger charge is 2.24. The van der Waals surface area contributed by atoms with E-state index in [9.17, 15) is 4.79 Å². The highest BCUT2D eigenvalue weighted by molar-refractivity contribution is 7.22. The molecule has 1 aliphatic heterocycles. The van der Waals surface area contributed by atoms with Crippen LogP contribution in [-0.4, -0.2) is 34.9 Å². The molecule has 0 saturated carbocycles. The van der Waals surface area contributed by atoms with Gasteiger partial charge in [0.15, 0.2) is 5.78 Å². The van der Waals surface area contributed by atoms with Crippen LogP contribution in [0.3, 0.4) is 0 Å². The van der Waals surface area contributed by atoms with E-state index < -0.39 is 0 Å². The number of Topliss-reactive ketones (excluding diaryl/α,β-unsaturated/α-hetero) is 1. The number of nitrogens with zero attached hydrogens (tertiary/aromatic N) is 3. The number of piperidine rings is 1. The Kier molecular flexibility index (Phi) is 5.72. The van der Waals surface area contributed by atoms with E-state index in [1.54, 1.807) is 23.7 Å². The Bertz CT molecular complexity index is 1240. The number of benzene rings is 1. The number of carbonyl (C=O) groups is 1. The number of rotatable bonds is 5. The van der Waals surface area contributed by atoms with Gasteiger partial charge < -0.3 is 10.6 Å². The number of fused-ring (bicyclic) bond motifs is 1. The lowest BCUT2D eigenvalue weighted by molar-refractivity contribution is 0.0988. The van der Waals surface area contributed by atoms with Crippen molar-refractivity contribution in [2.75, 3.05) is 18.0 Å². The van der Waals surface area contributed by atoms with Gasteiger partial charge in [0, 0.05) is 54.1 Å². The van der Waals surface area contributed by atoms with Crippen molar-refractivity contribution in [2.24, 2.45) is 11.7 Å². The van der Waals surface area contributed by atoms with Crippen LogP contribution >= 0.6 is 11.3 Å². The first-order valence-electron chi connectivity index (χ1n) is 11.0. The molecule has 1 saturated heterocycles. The molecule has 32 heavy (non-hydrogen) atoms. The predicted molar refractivity (Wildman–Crippen MR) is 131 cm³/mol. The zero-order chi connectivity index (χ0) is 22.1. The second-order valence-electron chi connectivity index (χ2n) is 8.67. The summed E-state index contributed by atoms with van der Waals surface area (Å²) in [6.07, 6.45) is 4.90. The number of thiophene rings is 1. The van der Waals surface area contributed by atoms with E-state index in [1.807, 2.05) is 36.4 Å². The second-order valence-corrected chi connectivity index (χ2v) is 9.75. The Morgan fingerprint density at radius 3 is 2.81 bits per heavy atom. The third kappa shape index (κ3) is 4.29. The van der Waals surface area contributed by atoms with Crippen LogP contribution in [0.15, 0.2) is 67.0 Å². The minimum atomic E-state index is 0.00275. The molecule has 0 spiro atoms. The van der Waals surface area contributed by atoms with Crippen LogP contribution in [0, 0.1) is 5.92 Å². The Balaban J connectivity index is 1.40. The highest BCUT2D eigenvalue weighted by Crippen LogP contribution is 2.33. The lowest BCUT2D eigenvalue weighted by atomic mass is 9.95. The van der Waals surface area contributed by atoms with E-state index in [1.165, 1.54) is 0 Å². The summed E-state index contributed by atoms with van der Waals surface area (Å²) in [6.45, 7) is 3.97. The number of carbonyl (C=O) groups excluding carboxylic acids is 1. The van der Waals surface area contributed by atoms with E-state index >= 15 is 0 Å². The molecule has 0 unspecified atom stereocenters. The maximum Gasteiger partial charge on any atom is 0.185 e. The normalized spacial score (nSPS) is 18.8. The molecule has 4 heterocycles. The summed E-state index contributed by atoms with van der Waals surface area (Å²) in [7, 11) is 0. The van der Waals surface area contributed by atoms with Crippen LogP contribution in [0.1, 0.15) is 29.4 Å². The topological polar surface area (TPSA) is 72.1 Å². The summed E-state index contributed by atoms with van der Waals surface area (Å²) in [5.74, 6) is 0.528. The highest BCUT2D eigenvalue weighted by atomic mass is 32.1. The zero-order valence-corrected chi connectivity index (χ0v) is 18.9.